The highest BCUT2D eigenvalue weighted by molar-refractivity contribution is 5.48. The Bertz CT molecular complexity index is 829. The van der Waals surface area contributed by atoms with E-state index in [0.29, 0.717) is 19.8 Å². The van der Waals surface area contributed by atoms with Crippen molar-refractivity contribution in [2.75, 3.05) is 25.6 Å². The Hall–Kier alpha value is -2.60. The van der Waals surface area contributed by atoms with Gasteiger partial charge in [-0.1, -0.05) is 6.07 Å². The van der Waals surface area contributed by atoms with E-state index in [0.717, 1.165) is 34.3 Å². The van der Waals surface area contributed by atoms with Gasteiger partial charge in [-0.15, -0.1) is 0 Å². The summed E-state index contributed by atoms with van der Waals surface area (Å²) in [6.45, 7) is 5.78. The van der Waals surface area contributed by atoms with E-state index in [1.165, 1.54) is 0 Å². The van der Waals surface area contributed by atoms with Crippen molar-refractivity contribution >= 4 is 11.5 Å². The van der Waals surface area contributed by atoms with Gasteiger partial charge < -0.3 is 14.8 Å². The zero-order valence-electron chi connectivity index (χ0n) is 14.2. The van der Waals surface area contributed by atoms with E-state index in [2.05, 4.69) is 22.2 Å². The molecule has 6 nitrogen and oxygen atoms in total. The van der Waals surface area contributed by atoms with Crippen LogP contribution in [0.3, 0.4) is 0 Å². The van der Waals surface area contributed by atoms with E-state index in [4.69, 9.17) is 9.47 Å². The first kappa shape index (κ1) is 16.3. The third kappa shape index (κ3) is 3.83. The topological polar surface area (TPSA) is 60.7 Å². The first-order chi connectivity index (χ1) is 11.7. The molecular weight excluding hydrogens is 304 g/mol. The number of aromatic nitrogens is 3. The first-order valence-electron chi connectivity index (χ1n) is 7.93. The van der Waals surface area contributed by atoms with Gasteiger partial charge in [0.05, 0.1) is 18.8 Å². The summed E-state index contributed by atoms with van der Waals surface area (Å²) in [5.41, 5.74) is 4.04. The number of nitrogens with one attached hydrogen (secondary N) is 1. The molecule has 0 saturated carbocycles. The molecule has 0 aliphatic carbocycles. The summed E-state index contributed by atoms with van der Waals surface area (Å²) < 4.78 is 12.6. The van der Waals surface area contributed by atoms with Crippen LogP contribution in [0.1, 0.15) is 17.1 Å². The molecule has 0 radical (unpaired) electrons. The van der Waals surface area contributed by atoms with E-state index in [1.807, 2.05) is 47.9 Å². The lowest BCUT2D eigenvalue weighted by atomic mass is 10.3. The minimum atomic E-state index is 0.538. The van der Waals surface area contributed by atoms with Crippen molar-refractivity contribution in [3.8, 4) is 5.75 Å². The van der Waals surface area contributed by atoms with Crippen molar-refractivity contribution in [1.82, 2.24) is 14.4 Å². The molecule has 1 aromatic carbocycles. The molecule has 0 bridgehead atoms. The number of nitrogens with zero attached hydrogens (tertiary/aromatic N) is 3. The minimum Gasteiger partial charge on any atom is -0.491 e. The molecule has 6 heteroatoms. The molecule has 2 heterocycles. The van der Waals surface area contributed by atoms with Gasteiger partial charge >= 0.3 is 0 Å². The lowest BCUT2D eigenvalue weighted by molar-refractivity contribution is 0.146. The van der Waals surface area contributed by atoms with Crippen molar-refractivity contribution in [2.45, 2.75) is 20.4 Å². The lowest BCUT2D eigenvalue weighted by Gasteiger charge is -2.08. The average Bonchev–Trinajstić information content (AvgIpc) is 2.97. The maximum Gasteiger partial charge on any atom is 0.234 e. The normalized spacial score (nSPS) is 11.0. The van der Waals surface area contributed by atoms with Crippen molar-refractivity contribution < 1.29 is 9.47 Å². The lowest BCUT2D eigenvalue weighted by Crippen LogP contribution is -2.05. The molecule has 0 saturated heterocycles. The van der Waals surface area contributed by atoms with Crippen LogP contribution in [0, 0.1) is 13.8 Å². The zero-order valence-corrected chi connectivity index (χ0v) is 14.2. The number of imidazole rings is 1. The van der Waals surface area contributed by atoms with Crippen LogP contribution in [0.2, 0.25) is 0 Å². The molecule has 0 aliphatic heterocycles. The predicted octanol–water partition coefficient (Wildman–Crippen LogP) is 2.98. The smallest absolute Gasteiger partial charge is 0.234 e. The van der Waals surface area contributed by atoms with Gasteiger partial charge in [0.15, 0.2) is 0 Å². The maximum absolute atomic E-state index is 5.62. The summed E-state index contributed by atoms with van der Waals surface area (Å²) in [6, 6.07) is 9.92. The fraction of sp³-hybridized carbons (Fsp3) is 0.333. The second kappa shape index (κ2) is 7.31. The molecule has 3 aromatic rings. The summed E-state index contributed by atoms with van der Waals surface area (Å²) in [6.07, 6.45) is 2.02. The van der Waals surface area contributed by atoms with Gasteiger partial charge in [-0.2, -0.15) is 0 Å². The van der Waals surface area contributed by atoms with Crippen molar-refractivity contribution in [3.63, 3.8) is 0 Å². The van der Waals surface area contributed by atoms with Crippen LogP contribution in [0.5, 0.6) is 5.75 Å². The molecule has 0 atom stereocenters. The number of rotatable bonds is 7. The number of fused-ring (bicyclic) bond motifs is 1. The minimum absolute atomic E-state index is 0.538. The fourth-order valence-electron chi connectivity index (χ4n) is 2.53. The second-order valence-electron chi connectivity index (χ2n) is 5.66. The van der Waals surface area contributed by atoms with Crippen molar-refractivity contribution in [1.29, 1.82) is 0 Å². The third-order valence-electron chi connectivity index (χ3n) is 3.68. The Balaban J connectivity index is 1.67. The highest BCUT2D eigenvalue weighted by Crippen LogP contribution is 2.18. The van der Waals surface area contributed by atoms with Gasteiger partial charge in [0, 0.05) is 36.4 Å². The van der Waals surface area contributed by atoms with E-state index in [-0.39, 0.29) is 0 Å². The molecule has 0 amide bonds. The van der Waals surface area contributed by atoms with Crippen LogP contribution in [0.15, 0.2) is 36.5 Å². The van der Waals surface area contributed by atoms with E-state index in [9.17, 15) is 0 Å². The van der Waals surface area contributed by atoms with Crippen LogP contribution in [0.4, 0.5) is 5.69 Å². The third-order valence-corrected chi connectivity index (χ3v) is 3.68. The summed E-state index contributed by atoms with van der Waals surface area (Å²) in [4.78, 5) is 9.03. The van der Waals surface area contributed by atoms with Crippen LogP contribution in [0.25, 0.3) is 5.78 Å². The van der Waals surface area contributed by atoms with Crippen LogP contribution in [-0.4, -0.2) is 34.7 Å². The van der Waals surface area contributed by atoms with Gasteiger partial charge in [0.25, 0.3) is 0 Å². The molecule has 3 rings (SSSR count). The molecule has 24 heavy (non-hydrogen) atoms. The molecule has 126 valence electrons. The number of hydrogen-bond donors (Lipinski definition) is 1. The fourth-order valence-corrected chi connectivity index (χ4v) is 2.53. The highest BCUT2D eigenvalue weighted by Gasteiger charge is 2.06. The quantitative estimate of drug-likeness (QED) is 0.676. The monoisotopic (exact) mass is 326 g/mol. The standard InChI is InChI=1S/C18H22N4O2/c1-13-9-14(2)22-12-16(21-18(22)20-13)11-19-15-5-4-6-17(10-15)24-8-7-23-3/h4-6,9-10,12,19H,7-8,11H2,1-3H3. The largest absolute Gasteiger partial charge is 0.491 e. The SMILES string of the molecule is COCCOc1cccc(NCc2cn3c(C)cc(C)nc3n2)c1. The van der Waals surface area contributed by atoms with Gasteiger partial charge in [-0.3, -0.25) is 4.40 Å². The molecule has 2 aromatic heterocycles. The summed E-state index contributed by atoms with van der Waals surface area (Å²) in [5.74, 6) is 1.56. The summed E-state index contributed by atoms with van der Waals surface area (Å²) in [7, 11) is 1.66. The Kier molecular flexibility index (Phi) is 4.96. The highest BCUT2D eigenvalue weighted by atomic mass is 16.5. The zero-order chi connectivity index (χ0) is 16.9. The molecular formula is C18H22N4O2. The van der Waals surface area contributed by atoms with Crippen LogP contribution in [-0.2, 0) is 11.3 Å². The maximum atomic E-state index is 5.62. The van der Waals surface area contributed by atoms with E-state index in [1.54, 1.807) is 7.11 Å². The van der Waals surface area contributed by atoms with Crippen LogP contribution < -0.4 is 10.1 Å². The first-order valence-corrected chi connectivity index (χ1v) is 7.93. The molecule has 0 fully saturated rings. The van der Waals surface area contributed by atoms with E-state index >= 15 is 0 Å². The number of aryl methyl sites for hydroxylation is 2. The predicted molar refractivity (Wildman–Crippen MR) is 93.6 cm³/mol. The summed E-state index contributed by atoms with van der Waals surface area (Å²) in [5, 5.41) is 3.37. The van der Waals surface area contributed by atoms with Gasteiger partial charge in [-0.25, -0.2) is 9.97 Å². The Morgan fingerprint density at radius 1 is 1.12 bits per heavy atom. The van der Waals surface area contributed by atoms with Crippen molar-refractivity contribution in [2.24, 2.45) is 0 Å². The molecule has 0 spiro atoms. The Morgan fingerprint density at radius 3 is 2.83 bits per heavy atom. The average molecular weight is 326 g/mol. The van der Waals surface area contributed by atoms with Gasteiger partial charge in [0.2, 0.25) is 5.78 Å². The molecule has 0 unspecified atom stereocenters. The second-order valence-corrected chi connectivity index (χ2v) is 5.66. The number of ether oxygens (including phenoxy) is 2. The molecule has 1 N–H and O–H groups in total. The van der Waals surface area contributed by atoms with Gasteiger partial charge in [-0.05, 0) is 32.0 Å². The number of methoxy groups -OCH3 is 1. The van der Waals surface area contributed by atoms with Crippen molar-refractivity contribution in [3.05, 3.63) is 53.6 Å². The number of anilines is 1. The Labute approximate surface area is 141 Å². The Morgan fingerprint density at radius 2 is 2.00 bits per heavy atom. The van der Waals surface area contributed by atoms with E-state index < -0.39 is 0 Å². The van der Waals surface area contributed by atoms with Crippen LogP contribution >= 0.6 is 0 Å². The molecule has 0 aliphatic rings. The summed E-state index contributed by atoms with van der Waals surface area (Å²) >= 11 is 0. The number of hydrogen-bond acceptors (Lipinski definition) is 5. The number of benzene rings is 1. The van der Waals surface area contributed by atoms with Gasteiger partial charge in [0.1, 0.15) is 12.4 Å².